The number of nitrogens with two attached hydrogens (primary N) is 1. The molecule has 5 heterocycles. The highest BCUT2D eigenvalue weighted by atomic mass is 32.1. The number of rotatable bonds is 6. The third-order valence-electron chi connectivity index (χ3n) is 9.46. The molecule has 0 radical (unpaired) electrons. The van der Waals surface area contributed by atoms with Gasteiger partial charge < -0.3 is 25.3 Å². The molecule has 2 aromatic rings. The van der Waals surface area contributed by atoms with Crippen LogP contribution in [0.1, 0.15) is 80.6 Å². The zero-order valence-corrected chi connectivity index (χ0v) is 25.8. The molecule has 0 amide bonds. The van der Waals surface area contributed by atoms with Crippen molar-refractivity contribution >= 4 is 34.1 Å². The van der Waals surface area contributed by atoms with Crippen LogP contribution < -0.4 is 20.9 Å². The van der Waals surface area contributed by atoms with Crippen molar-refractivity contribution in [1.82, 2.24) is 25.3 Å². The molecule has 0 saturated carbocycles. The summed E-state index contributed by atoms with van der Waals surface area (Å²) in [5, 5.41) is 29.5. The molecule has 4 aliphatic rings. The maximum atomic E-state index is 14.3. The quantitative estimate of drug-likeness (QED) is 0.208. The van der Waals surface area contributed by atoms with Gasteiger partial charge in [-0.1, -0.05) is 0 Å². The number of nitriles is 1. The third kappa shape index (κ3) is 5.54. The van der Waals surface area contributed by atoms with Gasteiger partial charge in [0.2, 0.25) is 11.8 Å². The van der Waals surface area contributed by atoms with E-state index in [0.29, 0.717) is 54.9 Å². The van der Waals surface area contributed by atoms with Gasteiger partial charge in [-0.15, -0.1) is 11.3 Å². The van der Waals surface area contributed by atoms with Crippen molar-refractivity contribution < 1.29 is 23.9 Å². The molecule has 0 bridgehead atoms. The predicted octanol–water partition coefficient (Wildman–Crippen LogP) is 2.36. The summed E-state index contributed by atoms with van der Waals surface area (Å²) in [6.45, 7) is 5.72. The fourth-order valence-corrected chi connectivity index (χ4v) is 8.45. The number of nitrogen functional groups attached to an aromatic ring is 1. The minimum atomic E-state index is -1.13. The maximum absolute atomic E-state index is 14.3. The van der Waals surface area contributed by atoms with Crippen molar-refractivity contribution in [1.29, 1.82) is 10.7 Å². The molecule has 6 rings (SSSR count). The van der Waals surface area contributed by atoms with E-state index in [4.69, 9.17) is 20.7 Å². The molecule has 2 aromatic heterocycles. The van der Waals surface area contributed by atoms with Crippen LogP contribution in [0.4, 0.5) is 15.3 Å². The summed E-state index contributed by atoms with van der Waals surface area (Å²) in [6.07, 6.45) is 4.48. The van der Waals surface area contributed by atoms with E-state index in [0.717, 1.165) is 37.1 Å². The maximum Gasteiger partial charge on any atom is 0.342 e. The minimum Gasteiger partial charge on any atom is -0.461 e. The number of hydroxylamine groups is 1. The molecule has 4 atom stereocenters. The average Bonchev–Trinajstić information content (AvgIpc) is 3.63. The molecule has 5 N–H and O–H groups in total. The van der Waals surface area contributed by atoms with Gasteiger partial charge >= 0.3 is 12.0 Å². The molecule has 3 fully saturated rings. The van der Waals surface area contributed by atoms with E-state index in [2.05, 4.69) is 31.4 Å². The number of anilines is 2. The number of ether oxygens (including phenoxy) is 1. The van der Waals surface area contributed by atoms with Gasteiger partial charge in [-0.2, -0.15) is 25.7 Å². The SMILES string of the molecule is C[C@@]1(O)CCCN(c2nc(OC[C@@]34CCCN3C[C@H](F)C4)nc(C(=N)NOC(=O)[C@@]3(C)CCCc4sc(N)c(C#N)c43)n2)C1. The lowest BCUT2D eigenvalue weighted by molar-refractivity contribution is -0.155. The molecule has 44 heavy (non-hydrogen) atoms. The van der Waals surface area contributed by atoms with E-state index in [9.17, 15) is 19.6 Å². The summed E-state index contributed by atoms with van der Waals surface area (Å²) in [7, 11) is 0. The molecule has 3 saturated heterocycles. The highest BCUT2D eigenvalue weighted by molar-refractivity contribution is 7.16. The van der Waals surface area contributed by atoms with Gasteiger partial charge in [-0.05, 0) is 65.3 Å². The fraction of sp³-hybridized carbons (Fsp3) is 0.655. The largest absolute Gasteiger partial charge is 0.461 e. The van der Waals surface area contributed by atoms with Crippen LogP contribution in [0.3, 0.4) is 0 Å². The third-order valence-corrected chi connectivity index (χ3v) is 10.5. The molecule has 13 nitrogen and oxygen atoms in total. The topological polar surface area (TPSA) is 187 Å². The van der Waals surface area contributed by atoms with Crippen LogP contribution in [0, 0.1) is 16.7 Å². The van der Waals surface area contributed by atoms with Crippen LogP contribution >= 0.6 is 11.3 Å². The second-order valence-electron chi connectivity index (χ2n) is 12.9. The predicted molar refractivity (Wildman–Crippen MR) is 160 cm³/mol. The average molecular weight is 628 g/mol. The second kappa shape index (κ2) is 11.4. The minimum absolute atomic E-state index is 0.0343. The van der Waals surface area contributed by atoms with Crippen molar-refractivity contribution in [2.75, 3.05) is 43.4 Å². The van der Waals surface area contributed by atoms with Gasteiger partial charge in [0.15, 0.2) is 5.84 Å². The molecular formula is C29H38FN9O4S. The van der Waals surface area contributed by atoms with Crippen molar-refractivity contribution in [3.63, 3.8) is 0 Å². The Morgan fingerprint density at radius 3 is 2.82 bits per heavy atom. The Morgan fingerprint density at radius 2 is 2.05 bits per heavy atom. The van der Waals surface area contributed by atoms with E-state index in [1.54, 1.807) is 13.8 Å². The van der Waals surface area contributed by atoms with Crippen molar-refractivity contribution in [3.05, 3.63) is 21.8 Å². The van der Waals surface area contributed by atoms with Crippen molar-refractivity contribution in [2.45, 2.75) is 87.9 Å². The van der Waals surface area contributed by atoms with Gasteiger partial charge in [0, 0.05) is 36.5 Å². The van der Waals surface area contributed by atoms with Crippen LogP contribution in [0.2, 0.25) is 0 Å². The Bertz CT molecular complexity index is 1510. The Hall–Kier alpha value is -3.61. The van der Waals surface area contributed by atoms with Gasteiger partial charge in [0.1, 0.15) is 23.8 Å². The first-order valence-corrected chi connectivity index (χ1v) is 15.9. The first kappa shape index (κ1) is 30.4. The number of hydrogen-bond acceptors (Lipinski definition) is 13. The second-order valence-corrected chi connectivity index (χ2v) is 14.1. The number of halogens is 1. The molecular weight excluding hydrogens is 589 g/mol. The Balaban J connectivity index is 1.22. The number of piperidine rings is 1. The van der Waals surface area contributed by atoms with Crippen LogP contribution in [-0.2, 0) is 21.5 Å². The molecule has 0 aromatic carbocycles. The van der Waals surface area contributed by atoms with Gasteiger partial charge in [0.25, 0.3) is 0 Å². The number of aromatic nitrogens is 3. The lowest BCUT2D eigenvalue weighted by Gasteiger charge is -2.37. The van der Waals surface area contributed by atoms with Crippen LogP contribution in [0.5, 0.6) is 6.01 Å². The number of β-amino-alcohol motifs (C(OH)–C–C–N with tert-alkyl or cyclic N) is 1. The lowest BCUT2D eigenvalue weighted by Crippen LogP contribution is -2.47. The van der Waals surface area contributed by atoms with Crippen LogP contribution in [0.25, 0.3) is 0 Å². The number of hydrogen-bond donors (Lipinski definition) is 4. The first-order chi connectivity index (χ1) is 20.9. The smallest absolute Gasteiger partial charge is 0.342 e. The standard InChI is InChI=1S/C29H38FN9O4S/c1-27(41)7-4-10-38(15-27)25-34-23(35-26(36-25)42-16-29-9-5-11-39(29)14-17(30)12-29)21(32)37-43-24(40)28(2)8-3-6-19-20(28)18(13-31)22(33)44-19/h17,41H,3-12,14-16,33H2,1-2H3,(H2,32,37)/t17-,27-,28+,29+/m1/s1. The number of nitrogens with one attached hydrogen (secondary N) is 2. The number of fused-ring (bicyclic) bond motifs is 2. The lowest BCUT2D eigenvalue weighted by atomic mass is 9.72. The number of thiophene rings is 1. The summed E-state index contributed by atoms with van der Waals surface area (Å²) < 4.78 is 20.4. The van der Waals surface area contributed by atoms with Crippen molar-refractivity contribution in [2.24, 2.45) is 0 Å². The normalized spacial score (nSPS) is 29.9. The van der Waals surface area contributed by atoms with Crippen LogP contribution in [-0.4, -0.2) is 86.9 Å². The Morgan fingerprint density at radius 1 is 1.25 bits per heavy atom. The summed E-state index contributed by atoms with van der Waals surface area (Å²) in [6, 6.07) is 2.09. The Labute approximate surface area is 259 Å². The highest BCUT2D eigenvalue weighted by Crippen LogP contribution is 2.46. The van der Waals surface area contributed by atoms with E-state index in [1.165, 1.54) is 11.3 Å². The number of carbonyl (C=O) groups is 1. The summed E-state index contributed by atoms with van der Waals surface area (Å²) in [5.74, 6) is -0.955. The van der Waals surface area contributed by atoms with Crippen molar-refractivity contribution in [3.8, 4) is 12.1 Å². The fourth-order valence-electron chi connectivity index (χ4n) is 7.26. The van der Waals surface area contributed by atoms with E-state index in [-0.39, 0.29) is 30.9 Å². The van der Waals surface area contributed by atoms with E-state index in [1.807, 2.05) is 4.90 Å². The number of aliphatic hydroxyl groups is 1. The number of carbonyl (C=O) groups excluding carboxylic acids is 1. The molecule has 0 unspecified atom stereocenters. The highest BCUT2D eigenvalue weighted by Gasteiger charge is 2.49. The monoisotopic (exact) mass is 627 g/mol. The van der Waals surface area contributed by atoms with Gasteiger partial charge in [0.05, 0.1) is 22.1 Å². The summed E-state index contributed by atoms with van der Waals surface area (Å²) >= 11 is 1.32. The number of aryl methyl sites for hydroxylation is 1. The summed E-state index contributed by atoms with van der Waals surface area (Å²) in [5.41, 5.74) is 6.86. The zero-order chi connectivity index (χ0) is 31.3. The number of alkyl halides is 1. The molecule has 3 aliphatic heterocycles. The molecule has 1 aliphatic carbocycles. The number of nitrogens with zero attached hydrogens (tertiary/aromatic N) is 6. The van der Waals surface area contributed by atoms with E-state index < -0.39 is 34.5 Å². The summed E-state index contributed by atoms with van der Waals surface area (Å²) in [4.78, 5) is 37.0. The van der Waals surface area contributed by atoms with Crippen LogP contribution in [0.15, 0.2) is 0 Å². The molecule has 15 heteroatoms. The molecule has 0 spiro atoms. The molecule has 236 valence electrons. The Kier molecular flexibility index (Phi) is 7.87. The first-order valence-electron chi connectivity index (χ1n) is 15.1. The zero-order valence-electron chi connectivity index (χ0n) is 25.0. The van der Waals surface area contributed by atoms with Gasteiger partial charge in [-0.3, -0.25) is 10.3 Å². The van der Waals surface area contributed by atoms with Gasteiger partial charge in [-0.25, -0.2) is 9.18 Å². The number of amidine groups is 1. The van der Waals surface area contributed by atoms with E-state index >= 15 is 0 Å².